The minimum Gasteiger partial charge on any atom is -0.508 e. The number of rotatable bonds is 8. The largest absolute Gasteiger partial charge is 0.508 e. The molecule has 1 atom stereocenters. The zero-order valence-electron chi connectivity index (χ0n) is 19.5. The Balaban J connectivity index is 1.72. The van der Waals surface area contributed by atoms with Crippen molar-refractivity contribution in [2.45, 2.75) is 26.3 Å². The van der Waals surface area contributed by atoms with Crippen LogP contribution in [0.4, 0.5) is 0 Å². The fraction of sp³-hybridized carbons (Fsp3) is 0.385. The lowest BCUT2D eigenvalue weighted by Gasteiger charge is -2.27. The molecule has 4 rings (SSSR count). The third-order valence-corrected chi connectivity index (χ3v) is 6.33. The van der Waals surface area contributed by atoms with Crippen LogP contribution in [0, 0.1) is 0 Å². The Morgan fingerprint density at radius 3 is 2.38 bits per heavy atom. The zero-order valence-corrected chi connectivity index (χ0v) is 19.5. The molecule has 0 spiro atoms. The van der Waals surface area contributed by atoms with Gasteiger partial charge in [0.25, 0.3) is 11.7 Å². The van der Waals surface area contributed by atoms with Crippen molar-refractivity contribution < 1.29 is 29.3 Å². The third-order valence-electron chi connectivity index (χ3n) is 6.33. The second kappa shape index (κ2) is 10.2. The van der Waals surface area contributed by atoms with Gasteiger partial charge in [-0.25, -0.2) is 0 Å². The van der Waals surface area contributed by atoms with E-state index in [2.05, 4.69) is 18.7 Å². The number of nitrogens with zero attached hydrogens (tertiary/aromatic N) is 2. The van der Waals surface area contributed by atoms with Gasteiger partial charge in [0.1, 0.15) is 24.7 Å². The molecule has 0 unspecified atom stereocenters. The summed E-state index contributed by atoms with van der Waals surface area (Å²) in [7, 11) is 0. The number of amides is 1. The van der Waals surface area contributed by atoms with E-state index < -0.39 is 17.7 Å². The molecule has 0 bridgehead atoms. The first-order valence-electron chi connectivity index (χ1n) is 11.6. The molecule has 0 aromatic heterocycles. The number of Topliss-reactive ketones (excluding diaryl/α,β-unsaturated/α-hetero) is 1. The van der Waals surface area contributed by atoms with Gasteiger partial charge in [0.05, 0.1) is 11.6 Å². The number of carbonyl (C=O) groups excluding carboxylic acids is 2. The van der Waals surface area contributed by atoms with E-state index >= 15 is 0 Å². The molecule has 1 fully saturated rings. The summed E-state index contributed by atoms with van der Waals surface area (Å²) >= 11 is 0. The highest BCUT2D eigenvalue weighted by molar-refractivity contribution is 6.46. The molecule has 2 aromatic rings. The molecule has 180 valence electrons. The lowest BCUT2D eigenvalue weighted by Crippen LogP contribution is -2.33. The van der Waals surface area contributed by atoms with Crippen molar-refractivity contribution in [1.82, 2.24) is 9.80 Å². The third kappa shape index (κ3) is 4.59. The number of carbonyl (C=O) groups is 2. The second-order valence-electron chi connectivity index (χ2n) is 8.32. The van der Waals surface area contributed by atoms with Crippen LogP contribution in [0.25, 0.3) is 5.76 Å². The zero-order chi connectivity index (χ0) is 24.2. The lowest BCUT2D eigenvalue weighted by molar-refractivity contribution is -0.140. The number of hydrogen-bond acceptors (Lipinski definition) is 7. The summed E-state index contributed by atoms with van der Waals surface area (Å²) in [4.78, 5) is 30.0. The second-order valence-corrected chi connectivity index (χ2v) is 8.32. The van der Waals surface area contributed by atoms with Gasteiger partial charge in [-0.2, -0.15) is 0 Å². The summed E-state index contributed by atoms with van der Waals surface area (Å²) in [6, 6.07) is 10.5. The van der Waals surface area contributed by atoms with Crippen LogP contribution in [0.3, 0.4) is 0 Å². The number of fused-ring (bicyclic) bond motifs is 1. The number of phenols is 1. The van der Waals surface area contributed by atoms with Crippen molar-refractivity contribution in [2.24, 2.45) is 0 Å². The minimum absolute atomic E-state index is 0.0233. The van der Waals surface area contributed by atoms with E-state index in [0.29, 0.717) is 48.8 Å². The number of benzene rings is 2. The van der Waals surface area contributed by atoms with Crippen molar-refractivity contribution in [2.75, 3.05) is 39.4 Å². The quantitative estimate of drug-likeness (QED) is 0.350. The summed E-state index contributed by atoms with van der Waals surface area (Å²) in [5.74, 6) is -0.515. The smallest absolute Gasteiger partial charge is 0.295 e. The minimum atomic E-state index is -0.759. The van der Waals surface area contributed by atoms with E-state index in [4.69, 9.17) is 9.47 Å². The molecule has 8 heteroatoms. The van der Waals surface area contributed by atoms with Gasteiger partial charge in [0.2, 0.25) is 0 Å². The van der Waals surface area contributed by atoms with Crippen LogP contribution in [-0.2, 0) is 9.59 Å². The van der Waals surface area contributed by atoms with Gasteiger partial charge in [0, 0.05) is 12.1 Å². The fourth-order valence-corrected chi connectivity index (χ4v) is 4.46. The van der Waals surface area contributed by atoms with Gasteiger partial charge >= 0.3 is 0 Å². The van der Waals surface area contributed by atoms with E-state index in [9.17, 15) is 19.8 Å². The molecule has 8 nitrogen and oxygen atoms in total. The van der Waals surface area contributed by atoms with Crippen LogP contribution >= 0.6 is 0 Å². The van der Waals surface area contributed by atoms with Crippen LogP contribution in [0.1, 0.15) is 37.4 Å². The topological polar surface area (TPSA) is 99.5 Å². The van der Waals surface area contributed by atoms with E-state index in [1.165, 1.54) is 17.0 Å². The maximum Gasteiger partial charge on any atom is 0.295 e. The van der Waals surface area contributed by atoms with Crippen molar-refractivity contribution in [3.05, 3.63) is 59.2 Å². The van der Waals surface area contributed by atoms with E-state index in [-0.39, 0.29) is 17.1 Å². The molecule has 1 amide bonds. The van der Waals surface area contributed by atoms with Crippen LogP contribution in [0.5, 0.6) is 17.2 Å². The predicted molar refractivity (Wildman–Crippen MR) is 127 cm³/mol. The first kappa shape index (κ1) is 23.6. The summed E-state index contributed by atoms with van der Waals surface area (Å²) in [6.07, 6.45) is 0.688. The molecule has 2 aromatic carbocycles. The first-order chi connectivity index (χ1) is 16.4. The first-order valence-corrected chi connectivity index (χ1v) is 11.6. The number of aliphatic hydroxyl groups excluding tert-OH is 1. The molecule has 0 radical (unpaired) electrons. The van der Waals surface area contributed by atoms with Crippen LogP contribution < -0.4 is 9.47 Å². The number of phenolic OH excluding ortho intramolecular Hbond substituents is 1. The Morgan fingerprint density at radius 2 is 1.71 bits per heavy atom. The Bertz CT molecular complexity index is 1090. The number of aromatic hydroxyl groups is 1. The molecule has 2 aliphatic heterocycles. The monoisotopic (exact) mass is 466 g/mol. The Morgan fingerprint density at radius 1 is 1.03 bits per heavy atom. The molecule has 34 heavy (non-hydrogen) atoms. The summed E-state index contributed by atoms with van der Waals surface area (Å²) in [5.41, 5.74) is 1.03. The van der Waals surface area contributed by atoms with E-state index in [1.807, 2.05) is 0 Å². The molecule has 1 saturated heterocycles. The van der Waals surface area contributed by atoms with Crippen LogP contribution in [-0.4, -0.2) is 71.1 Å². The molecule has 2 heterocycles. The number of ketones is 1. The summed E-state index contributed by atoms with van der Waals surface area (Å²) in [6.45, 7) is 7.96. The Kier molecular flexibility index (Phi) is 7.07. The Hall–Kier alpha value is -3.52. The highest BCUT2D eigenvalue weighted by atomic mass is 16.6. The number of hydrogen-bond donors (Lipinski definition) is 2. The van der Waals surface area contributed by atoms with E-state index in [0.717, 1.165) is 19.6 Å². The van der Waals surface area contributed by atoms with Crippen molar-refractivity contribution in [3.63, 3.8) is 0 Å². The molecule has 2 aliphatic rings. The summed E-state index contributed by atoms with van der Waals surface area (Å²) in [5, 5.41) is 21.0. The molecular formula is C26H30N2O6. The SMILES string of the molecule is CCN(CC)CCCN1C(=O)C(=O)C(=C(O)c2ccc3c(c2)OCCO3)[C@@H]1c1ccc(O)cc1. The Labute approximate surface area is 199 Å². The maximum atomic E-state index is 13.2. The number of aliphatic hydroxyl groups is 1. The van der Waals surface area contributed by atoms with Gasteiger partial charge in [-0.1, -0.05) is 26.0 Å². The average Bonchev–Trinajstić information content (AvgIpc) is 3.11. The maximum absolute atomic E-state index is 13.2. The normalized spacial score (nSPS) is 19.1. The molecule has 2 N–H and O–H groups in total. The summed E-state index contributed by atoms with van der Waals surface area (Å²) < 4.78 is 11.2. The molecule has 0 aliphatic carbocycles. The van der Waals surface area contributed by atoms with Crippen LogP contribution in [0.2, 0.25) is 0 Å². The fourth-order valence-electron chi connectivity index (χ4n) is 4.46. The highest BCUT2D eigenvalue weighted by Gasteiger charge is 2.45. The van der Waals surface area contributed by atoms with Gasteiger partial charge in [-0.05, 0) is 62.0 Å². The van der Waals surface area contributed by atoms with Gasteiger partial charge in [-0.15, -0.1) is 0 Å². The van der Waals surface area contributed by atoms with Crippen LogP contribution in [0.15, 0.2) is 48.0 Å². The van der Waals surface area contributed by atoms with Gasteiger partial charge in [-0.3, -0.25) is 9.59 Å². The number of likely N-dealkylation sites (tertiary alicyclic amines) is 1. The van der Waals surface area contributed by atoms with E-state index in [1.54, 1.807) is 30.3 Å². The van der Waals surface area contributed by atoms with Crippen molar-refractivity contribution >= 4 is 17.4 Å². The van der Waals surface area contributed by atoms with Crippen molar-refractivity contribution in [3.8, 4) is 17.2 Å². The average molecular weight is 467 g/mol. The standard InChI is InChI=1S/C26H30N2O6/c1-3-27(4-2)12-5-13-28-23(17-6-9-19(29)10-7-17)22(25(31)26(28)32)24(30)18-8-11-20-21(16-18)34-15-14-33-20/h6-11,16,23,29-30H,3-5,12-15H2,1-2H3/t23-/m0/s1. The highest BCUT2D eigenvalue weighted by Crippen LogP contribution is 2.41. The molecule has 0 saturated carbocycles. The number of ether oxygens (including phenoxy) is 2. The van der Waals surface area contributed by atoms with Crippen molar-refractivity contribution in [1.29, 1.82) is 0 Å². The predicted octanol–water partition coefficient (Wildman–Crippen LogP) is 3.32. The van der Waals surface area contributed by atoms with Gasteiger partial charge < -0.3 is 29.5 Å². The molecular weight excluding hydrogens is 436 g/mol. The lowest BCUT2D eigenvalue weighted by atomic mass is 9.95. The van der Waals surface area contributed by atoms with Gasteiger partial charge in [0.15, 0.2) is 11.5 Å².